The van der Waals surface area contributed by atoms with Crippen molar-refractivity contribution < 1.29 is 13.9 Å². The van der Waals surface area contributed by atoms with Gasteiger partial charge >= 0.3 is 6.01 Å². The van der Waals surface area contributed by atoms with Crippen LogP contribution in [0.5, 0.6) is 17.5 Å². The number of nitrogens with two attached hydrogens (primary N) is 1. The molecule has 0 saturated carbocycles. The van der Waals surface area contributed by atoms with E-state index in [0.717, 1.165) is 5.69 Å². The maximum atomic E-state index is 15.1. The predicted molar refractivity (Wildman–Crippen MR) is 131 cm³/mol. The Morgan fingerprint density at radius 1 is 1.08 bits per heavy atom. The number of fused-ring (bicyclic) bond motifs is 1. The van der Waals surface area contributed by atoms with Crippen LogP contribution in [0.1, 0.15) is 11.4 Å². The summed E-state index contributed by atoms with van der Waals surface area (Å²) < 4.78 is 27.9. The molecule has 5 aromatic heterocycles. The lowest BCUT2D eigenvalue weighted by Crippen LogP contribution is -2.02. The van der Waals surface area contributed by atoms with Gasteiger partial charge in [0, 0.05) is 30.7 Å². The van der Waals surface area contributed by atoms with E-state index < -0.39 is 5.82 Å². The molecule has 0 amide bonds. The summed E-state index contributed by atoms with van der Waals surface area (Å²) in [5.41, 5.74) is 9.34. The maximum Gasteiger partial charge on any atom is 0.322 e. The van der Waals surface area contributed by atoms with Crippen LogP contribution in [0.25, 0.3) is 33.5 Å². The molecule has 0 aliphatic heterocycles. The van der Waals surface area contributed by atoms with Crippen LogP contribution in [0.4, 0.5) is 10.2 Å². The number of nitrogens with zero attached hydrogens (tertiary/aromatic N) is 7. The minimum absolute atomic E-state index is 0.0619. The van der Waals surface area contributed by atoms with Crippen LogP contribution in [0.3, 0.4) is 0 Å². The summed E-state index contributed by atoms with van der Waals surface area (Å²) >= 11 is 0. The fourth-order valence-electron chi connectivity index (χ4n) is 3.95. The molecule has 11 heteroatoms. The fourth-order valence-corrected chi connectivity index (χ4v) is 3.95. The third-order valence-corrected chi connectivity index (χ3v) is 5.54. The standard InChI is InChI=1S/C25H19FN8O2/c1-5-16-20(26)22(35-4)15(11-30-16)21-18(19-23(27)31-12-32-24(19)34(21)3)17-7-6-14(10-29-17)36-25-28-9-8-13(2)33-25/h1,6-12H,2-4H3,(H2,27,31,32). The van der Waals surface area contributed by atoms with E-state index in [1.807, 2.05) is 6.92 Å². The lowest BCUT2D eigenvalue weighted by Gasteiger charge is -2.13. The van der Waals surface area contributed by atoms with Crippen molar-refractivity contribution in [3.8, 4) is 52.4 Å². The summed E-state index contributed by atoms with van der Waals surface area (Å²) in [4.78, 5) is 25.5. The van der Waals surface area contributed by atoms with Gasteiger partial charge in [0.2, 0.25) is 0 Å². The minimum atomic E-state index is -0.748. The summed E-state index contributed by atoms with van der Waals surface area (Å²) in [6.45, 7) is 1.84. The number of hydrogen-bond donors (Lipinski definition) is 1. The zero-order valence-corrected chi connectivity index (χ0v) is 19.5. The SMILES string of the molecule is C#Cc1ncc(-c2c(-c3ccc(Oc4nccc(C)n4)cn3)c3c(N)ncnc3n2C)c(OC)c1F. The highest BCUT2D eigenvalue weighted by atomic mass is 19.1. The van der Waals surface area contributed by atoms with Gasteiger partial charge in [0.05, 0.1) is 35.6 Å². The van der Waals surface area contributed by atoms with Crippen LogP contribution < -0.4 is 15.2 Å². The molecular weight excluding hydrogens is 463 g/mol. The second-order valence-corrected chi connectivity index (χ2v) is 7.71. The van der Waals surface area contributed by atoms with Gasteiger partial charge in [0.25, 0.3) is 0 Å². The number of nitrogen functional groups attached to an aromatic ring is 1. The zero-order valence-electron chi connectivity index (χ0n) is 19.5. The first kappa shape index (κ1) is 22.7. The number of hydrogen-bond acceptors (Lipinski definition) is 9. The van der Waals surface area contributed by atoms with Gasteiger partial charge in [-0.25, -0.2) is 24.9 Å². The molecule has 36 heavy (non-hydrogen) atoms. The number of terminal acetylenes is 1. The molecule has 5 aromatic rings. The highest BCUT2D eigenvalue weighted by molar-refractivity contribution is 6.07. The van der Waals surface area contributed by atoms with Crippen molar-refractivity contribution in [1.82, 2.24) is 34.5 Å². The Balaban J connectivity index is 1.71. The number of aryl methyl sites for hydroxylation is 2. The van der Waals surface area contributed by atoms with Crippen LogP contribution >= 0.6 is 0 Å². The van der Waals surface area contributed by atoms with Crippen molar-refractivity contribution in [2.45, 2.75) is 6.92 Å². The summed E-state index contributed by atoms with van der Waals surface area (Å²) in [5, 5.41) is 0.543. The molecular formula is C25H19FN8O2. The van der Waals surface area contributed by atoms with Crippen LogP contribution in [0.2, 0.25) is 0 Å². The molecule has 0 atom stereocenters. The van der Waals surface area contributed by atoms with Crippen LogP contribution in [0, 0.1) is 25.1 Å². The fraction of sp³-hybridized carbons (Fsp3) is 0.120. The van der Waals surface area contributed by atoms with E-state index in [4.69, 9.17) is 21.6 Å². The Hall–Kier alpha value is -5.11. The summed E-state index contributed by atoms with van der Waals surface area (Å²) in [6, 6.07) is 5.42. The lowest BCUT2D eigenvalue weighted by molar-refractivity contribution is 0.386. The zero-order chi connectivity index (χ0) is 25.4. The molecule has 178 valence electrons. The lowest BCUT2D eigenvalue weighted by atomic mass is 10.0. The number of anilines is 1. The average Bonchev–Trinajstić information content (AvgIpc) is 3.17. The Labute approximate surface area is 205 Å². The van der Waals surface area contributed by atoms with Crippen molar-refractivity contribution >= 4 is 16.9 Å². The Bertz CT molecular complexity index is 1660. The molecule has 0 unspecified atom stereocenters. The van der Waals surface area contributed by atoms with E-state index in [-0.39, 0.29) is 23.3 Å². The van der Waals surface area contributed by atoms with E-state index in [1.165, 1.54) is 25.8 Å². The van der Waals surface area contributed by atoms with Gasteiger partial charge in [-0.15, -0.1) is 6.42 Å². The monoisotopic (exact) mass is 482 g/mol. The molecule has 10 nitrogen and oxygen atoms in total. The Kier molecular flexibility index (Phi) is 5.62. The van der Waals surface area contributed by atoms with Gasteiger partial charge in [-0.3, -0.25) is 4.98 Å². The smallest absolute Gasteiger partial charge is 0.322 e. The maximum absolute atomic E-state index is 15.1. The Morgan fingerprint density at radius 3 is 2.61 bits per heavy atom. The van der Waals surface area contributed by atoms with Gasteiger partial charge in [0.15, 0.2) is 17.3 Å². The molecule has 0 saturated heterocycles. The van der Waals surface area contributed by atoms with E-state index in [2.05, 4.69) is 35.8 Å². The number of methoxy groups -OCH3 is 1. The van der Waals surface area contributed by atoms with E-state index in [9.17, 15) is 0 Å². The normalized spacial score (nSPS) is 10.9. The molecule has 0 fully saturated rings. The summed E-state index contributed by atoms with van der Waals surface area (Å²) in [5.74, 6) is 2.08. The van der Waals surface area contributed by atoms with Gasteiger partial charge in [-0.05, 0) is 31.0 Å². The van der Waals surface area contributed by atoms with Crippen LogP contribution in [-0.2, 0) is 7.05 Å². The molecule has 0 aliphatic carbocycles. The second kappa shape index (κ2) is 8.92. The summed E-state index contributed by atoms with van der Waals surface area (Å²) in [6.07, 6.45) is 11.3. The minimum Gasteiger partial charge on any atom is -0.493 e. The first-order valence-corrected chi connectivity index (χ1v) is 10.6. The quantitative estimate of drug-likeness (QED) is 0.373. The highest BCUT2D eigenvalue weighted by Gasteiger charge is 2.27. The molecule has 0 aliphatic rings. The van der Waals surface area contributed by atoms with E-state index in [1.54, 1.807) is 36.0 Å². The molecule has 0 bridgehead atoms. The number of pyridine rings is 2. The van der Waals surface area contributed by atoms with E-state index in [0.29, 0.717) is 39.3 Å². The number of rotatable bonds is 5. The molecule has 5 heterocycles. The van der Waals surface area contributed by atoms with Crippen molar-refractivity contribution in [1.29, 1.82) is 0 Å². The third kappa shape index (κ3) is 3.70. The first-order valence-electron chi connectivity index (χ1n) is 10.6. The molecule has 0 spiro atoms. The van der Waals surface area contributed by atoms with Gasteiger partial charge in [0.1, 0.15) is 23.5 Å². The van der Waals surface area contributed by atoms with Crippen molar-refractivity contribution in [3.63, 3.8) is 0 Å². The van der Waals surface area contributed by atoms with Crippen molar-refractivity contribution in [3.05, 3.63) is 60.3 Å². The predicted octanol–water partition coefficient (Wildman–Crippen LogP) is 3.69. The second-order valence-electron chi connectivity index (χ2n) is 7.71. The topological polar surface area (TPSA) is 127 Å². The van der Waals surface area contributed by atoms with Gasteiger partial charge in [-0.1, -0.05) is 0 Å². The first-order chi connectivity index (χ1) is 17.4. The van der Waals surface area contributed by atoms with E-state index >= 15 is 4.39 Å². The molecule has 5 rings (SSSR count). The molecule has 0 aromatic carbocycles. The molecule has 0 radical (unpaired) electrons. The van der Waals surface area contributed by atoms with Crippen molar-refractivity contribution in [2.75, 3.05) is 12.8 Å². The van der Waals surface area contributed by atoms with Gasteiger partial charge in [-0.2, -0.15) is 4.39 Å². The summed E-state index contributed by atoms with van der Waals surface area (Å²) in [7, 11) is 3.13. The Morgan fingerprint density at radius 2 is 1.92 bits per heavy atom. The van der Waals surface area contributed by atoms with Gasteiger partial charge < -0.3 is 19.8 Å². The third-order valence-electron chi connectivity index (χ3n) is 5.54. The average molecular weight is 482 g/mol. The largest absolute Gasteiger partial charge is 0.493 e. The van der Waals surface area contributed by atoms with Crippen LogP contribution in [0.15, 0.2) is 43.1 Å². The van der Waals surface area contributed by atoms with Crippen molar-refractivity contribution in [2.24, 2.45) is 7.05 Å². The van der Waals surface area contributed by atoms with Crippen LogP contribution in [-0.4, -0.2) is 41.6 Å². The number of halogens is 1. The highest BCUT2D eigenvalue weighted by Crippen LogP contribution is 2.44. The number of aromatic nitrogens is 7. The number of ether oxygens (including phenoxy) is 2. The molecule has 2 N–H and O–H groups in total.